The number of nitrogens with zero attached hydrogens (tertiary/aromatic N) is 1. The highest BCUT2D eigenvalue weighted by molar-refractivity contribution is 7.98. The summed E-state index contributed by atoms with van der Waals surface area (Å²) >= 11 is 1.78. The smallest absolute Gasteiger partial charge is 0.102 e. The van der Waals surface area contributed by atoms with Crippen LogP contribution in [0.3, 0.4) is 0 Å². The predicted molar refractivity (Wildman–Crippen MR) is 55.7 cm³/mol. The average Bonchev–Trinajstić information content (AvgIpc) is 2.15. The van der Waals surface area contributed by atoms with E-state index in [1.807, 2.05) is 6.26 Å². The molecule has 0 saturated heterocycles. The molecule has 2 N–H and O–H groups in total. The number of thioether (sulfide) groups is 1. The number of carbonyl (C=O) groups excluding carboxylic acids is 1. The van der Waals surface area contributed by atoms with Crippen molar-refractivity contribution >= 4 is 17.7 Å². The number of carboxylic acids is 1. The first kappa shape index (κ1) is 14.7. The van der Waals surface area contributed by atoms with Crippen LogP contribution in [-0.2, 0) is 4.79 Å². The number of unbranched alkanes of at least 4 members (excludes halogenated alkanes) is 3. The Morgan fingerprint density at radius 2 is 1.93 bits per heavy atom. The van der Waals surface area contributed by atoms with Gasteiger partial charge >= 0.3 is 0 Å². The maximum absolute atomic E-state index is 10.4. The second kappa shape index (κ2) is 8.96. The Balaban J connectivity index is 3.50. The maximum Gasteiger partial charge on any atom is 0.102 e. The first-order valence-corrected chi connectivity index (χ1v) is 6.35. The molecule has 1 unspecified atom stereocenters. The summed E-state index contributed by atoms with van der Waals surface area (Å²) in [5.74, 6) is -0.347. The molecule has 0 aliphatic heterocycles. The molecule has 0 aliphatic carbocycles. The molecule has 0 aliphatic rings. The summed E-state index contributed by atoms with van der Waals surface area (Å²) < 4.78 is 0. The number of hydrogen-bond acceptors (Lipinski definition) is 6. The van der Waals surface area contributed by atoms with Crippen molar-refractivity contribution in [1.29, 1.82) is 0 Å². The van der Waals surface area contributed by atoms with Crippen molar-refractivity contribution < 1.29 is 20.3 Å². The highest BCUT2D eigenvalue weighted by Gasteiger charge is 2.15. The number of rotatable bonds is 9. The van der Waals surface area contributed by atoms with E-state index in [9.17, 15) is 9.90 Å². The van der Waals surface area contributed by atoms with Crippen LogP contribution in [0.4, 0.5) is 0 Å². The van der Waals surface area contributed by atoms with Gasteiger partial charge < -0.3 is 9.90 Å². The molecular weight excluding hydrogens is 218 g/mol. The minimum atomic E-state index is -1.45. The minimum Gasteiger partial charge on any atom is -0.548 e. The Morgan fingerprint density at radius 3 is 2.40 bits per heavy atom. The van der Waals surface area contributed by atoms with Gasteiger partial charge in [-0.05, 0) is 24.9 Å². The Kier molecular flexibility index (Phi) is 8.79. The van der Waals surface area contributed by atoms with Gasteiger partial charge in [0, 0.05) is 0 Å². The zero-order chi connectivity index (χ0) is 11.7. The van der Waals surface area contributed by atoms with Gasteiger partial charge in [-0.3, -0.25) is 10.4 Å². The van der Waals surface area contributed by atoms with Gasteiger partial charge in [0.25, 0.3) is 0 Å². The summed E-state index contributed by atoms with van der Waals surface area (Å²) in [6.07, 6.45) is 5.95. The molecule has 0 aromatic carbocycles. The molecular formula is C9H18NO4S-. The lowest BCUT2D eigenvalue weighted by molar-refractivity contribution is -0.364. The molecule has 0 amide bonds. The second-order valence-corrected chi connectivity index (χ2v) is 4.34. The summed E-state index contributed by atoms with van der Waals surface area (Å²) in [5, 5.41) is 27.3. The van der Waals surface area contributed by atoms with Gasteiger partial charge in [-0.25, -0.2) is 0 Å². The summed E-state index contributed by atoms with van der Waals surface area (Å²) in [4.78, 5) is 10.4. The number of carbonyl (C=O) groups is 1. The van der Waals surface area contributed by atoms with Crippen LogP contribution in [0, 0.1) is 0 Å². The van der Waals surface area contributed by atoms with E-state index in [1.54, 1.807) is 11.8 Å². The summed E-state index contributed by atoms with van der Waals surface area (Å²) in [6.45, 7) is 0. The van der Waals surface area contributed by atoms with Crippen molar-refractivity contribution in [2.75, 3.05) is 12.0 Å². The van der Waals surface area contributed by atoms with Crippen molar-refractivity contribution in [3.63, 3.8) is 0 Å². The van der Waals surface area contributed by atoms with Crippen LogP contribution >= 0.6 is 11.8 Å². The van der Waals surface area contributed by atoms with E-state index < -0.39 is 12.0 Å². The van der Waals surface area contributed by atoms with Crippen LogP contribution in [-0.4, -0.2) is 39.7 Å². The van der Waals surface area contributed by atoms with Crippen LogP contribution in [0.1, 0.15) is 32.1 Å². The largest absolute Gasteiger partial charge is 0.548 e. The summed E-state index contributed by atoms with van der Waals surface area (Å²) in [7, 11) is 0. The van der Waals surface area contributed by atoms with Crippen LogP contribution in [0.2, 0.25) is 0 Å². The van der Waals surface area contributed by atoms with Crippen molar-refractivity contribution in [3.05, 3.63) is 0 Å². The molecule has 1 atom stereocenters. The molecule has 0 spiro atoms. The Labute approximate surface area is 94.0 Å². The van der Waals surface area contributed by atoms with Gasteiger partial charge in [0.05, 0.1) is 5.97 Å². The Morgan fingerprint density at radius 1 is 1.33 bits per heavy atom. The molecule has 0 saturated carbocycles. The molecule has 5 nitrogen and oxygen atoms in total. The lowest BCUT2D eigenvalue weighted by Crippen LogP contribution is -2.45. The third-order valence-corrected chi connectivity index (χ3v) is 2.82. The Bertz CT molecular complexity index is 177. The van der Waals surface area contributed by atoms with Gasteiger partial charge in [-0.2, -0.15) is 11.8 Å². The molecule has 0 rings (SSSR count). The number of hydrogen-bond donors (Lipinski definition) is 2. The lowest BCUT2D eigenvalue weighted by atomic mass is 10.1. The van der Waals surface area contributed by atoms with Gasteiger partial charge in [0.15, 0.2) is 0 Å². The first-order valence-electron chi connectivity index (χ1n) is 4.96. The monoisotopic (exact) mass is 236 g/mol. The lowest BCUT2D eigenvalue weighted by Gasteiger charge is -2.20. The van der Waals surface area contributed by atoms with E-state index >= 15 is 0 Å². The second-order valence-electron chi connectivity index (χ2n) is 3.35. The average molecular weight is 236 g/mol. The van der Waals surface area contributed by atoms with Gasteiger partial charge in [-0.1, -0.05) is 24.5 Å². The molecule has 0 radical (unpaired) electrons. The number of carboxylic acid groups (broad SMARTS) is 1. The third kappa shape index (κ3) is 7.61. The fraction of sp³-hybridized carbons (Fsp3) is 0.889. The van der Waals surface area contributed by atoms with Crippen molar-refractivity contribution in [1.82, 2.24) is 5.23 Å². The SMILES string of the molecule is CSCCCCCCC(C(=O)[O-])N(O)O. The van der Waals surface area contributed by atoms with Gasteiger partial charge in [0.1, 0.15) is 6.04 Å². The molecule has 90 valence electrons. The standard InChI is InChI=1S/C9H19NO4S/c1-15-7-5-3-2-4-6-8(9(11)12)10(13)14/h8,13-14H,2-7H2,1H3,(H,11,12)/p-1. The maximum atomic E-state index is 10.4. The van der Waals surface area contributed by atoms with E-state index in [4.69, 9.17) is 10.4 Å². The van der Waals surface area contributed by atoms with E-state index in [-0.39, 0.29) is 11.6 Å². The van der Waals surface area contributed by atoms with Crippen LogP contribution < -0.4 is 5.11 Å². The zero-order valence-electron chi connectivity index (χ0n) is 8.89. The first-order chi connectivity index (χ1) is 7.09. The fourth-order valence-corrected chi connectivity index (χ4v) is 1.76. The van der Waals surface area contributed by atoms with E-state index in [0.717, 1.165) is 25.0 Å². The molecule has 0 bridgehead atoms. The minimum absolute atomic E-state index is 0.203. The van der Waals surface area contributed by atoms with Gasteiger partial charge in [0.2, 0.25) is 0 Å². The predicted octanol–water partition coefficient (Wildman–Crippen LogP) is 0.499. The molecule has 0 heterocycles. The van der Waals surface area contributed by atoms with E-state index in [2.05, 4.69) is 0 Å². The number of aliphatic carboxylic acids is 1. The normalized spacial score (nSPS) is 13.1. The topological polar surface area (TPSA) is 83.8 Å². The van der Waals surface area contributed by atoms with Crippen LogP contribution in [0.5, 0.6) is 0 Å². The number of hydroxylamine groups is 2. The third-order valence-electron chi connectivity index (χ3n) is 2.13. The van der Waals surface area contributed by atoms with E-state index in [0.29, 0.717) is 6.42 Å². The van der Waals surface area contributed by atoms with Crippen LogP contribution in [0.25, 0.3) is 0 Å². The quantitative estimate of drug-likeness (QED) is 0.448. The van der Waals surface area contributed by atoms with Crippen molar-refractivity contribution in [3.8, 4) is 0 Å². The van der Waals surface area contributed by atoms with Gasteiger partial charge in [-0.15, -0.1) is 0 Å². The molecule has 6 heteroatoms. The van der Waals surface area contributed by atoms with Crippen molar-refractivity contribution in [2.45, 2.75) is 38.1 Å². The van der Waals surface area contributed by atoms with Crippen LogP contribution in [0.15, 0.2) is 0 Å². The molecule has 0 aromatic rings. The molecule has 0 aromatic heterocycles. The highest BCUT2D eigenvalue weighted by atomic mass is 32.2. The summed E-state index contributed by atoms with van der Waals surface area (Å²) in [6, 6.07) is -1.31. The molecule has 15 heavy (non-hydrogen) atoms. The Hall–Kier alpha value is -0.300. The van der Waals surface area contributed by atoms with Crippen molar-refractivity contribution in [2.24, 2.45) is 0 Å². The summed E-state index contributed by atoms with van der Waals surface area (Å²) in [5.41, 5.74) is 0. The van der Waals surface area contributed by atoms with E-state index in [1.165, 1.54) is 0 Å². The zero-order valence-corrected chi connectivity index (χ0v) is 9.70. The fourth-order valence-electron chi connectivity index (χ4n) is 1.27. The highest BCUT2D eigenvalue weighted by Crippen LogP contribution is 2.09. The molecule has 0 fully saturated rings.